The van der Waals surface area contributed by atoms with Gasteiger partial charge in [0.25, 0.3) is 0 Å². The Morgan fingerprint density at radius 3 is 2.62 bits per heavy atom. The average Bonchev–Trinajstić information content (AvgIpc) is 3.55. The van der Waals surface area contributed by atoms with Crippen LogP contribution in [0.4, 0.5) is 13.6 Å². The Balaban J connectivity index is 1.72. The van der Waals surface area contributed by atoms with Crippen molar-refractivity contribution in [3.63, 3.8) is 0 Å². The molecule has 39 heavy (non-hydrogen) atoms. The molecule has 0 radical (unpaired) electrons. The number of aromatic nitrogens is 4. The number of benzene rings is 1. The molecule has 0 spiro atoms. The Kier molecular flexibility index (Phi) is 8.33. The number of ether oxygens (including phenoxy) is 2. The summed E-state index contributed by atoms with van der Waals surface area (Å²) >= 11 is 0. The fourth-order valence-electron chi connectivity index (χ4n) is 4.44. The van der Waals surface area contributed by atoms with Crippen LogP contribution in [-0.4, -0.2) is 74.0 Å². The molecule has 1 saturated heterocycles. The van der Waals surface area contributed by atoms with Crippen molar-refractivity contribution in [3.8, 4) is 11.3 Å². The summed E-state index contributed by atoms with van der Waals surface area (Å²) in [6, 6.07) is 3.45. The zero-order valence-corrected chi connectivity index (χ0v) is 22.4. The van der Waals surface area contributed by atoms with Crippen molar-refractivity contribution in [1.82, 2.24) is 25.5 Å². The number of hydrogen-bond donors (Lipinski definition) is 3. The molecule has 5 atom stereocenters. The maximum absolute atomic E-state index is 14.7. The summed E-state index contributed by atoms with van der Waals surface area (Å²) in [7, 11) is 0. The lowest BCUT2D eigenvalue weighted by Gasteiger charge is -2.43. The molecule has 0 bridgehead atoms. The van der Waals surface area contributed by atoms with Gasteiger partial charge < -0.3 is 29.5 Å². The van der Waals surface area contributed by atoms with E-state index in [0.717, 1.165) is 0 Å². The van der Waals surface area contributed by atoms with Gasteiger partial charge in [0.2, 0.25) is 0 Å². The summed E-state index contributed by atoms with van der Waals surface area (Å²) in [4.78, 5) is 12.5. The molecule has 2 aromatic heterocycles. The predicted octanol–water partition coefficient (Wildman–Crippen LogP) is 2.84. The summed E-state index contributed by atoms with van der Waals surface area (Å²) in [5.41, 5.74) is 0.440. The van der Waals surface area contributed by atoms with Crippen LogP contribution in [0.2, 0.25) is 0 Å². The lowest BCUT2D eigenvalue weighted by atomic mass is 9.89. The monoisotopic (exact) mass is 549 g/mol. The Hall–Kier alpha value is -3.42. The minimum absolute atomic E-state index is 0.00371. The van der Waals surface area contributed by atoms with Crippen molar-refractivity contribution in [3.05, 3.63) is 53.0 Å². The Morgan fingerprint density at radius 2 is 1.97 bits per heavy atom. The predicted molar refractivity (Wildman–Crippen MR) is 134 cm³/mol. The molecule has 1 amide bonds. The number of rotatable bonds is 7. The van der Waals surface area contributed by atoms with Gasteiger partial charge in [-0.25, -0.2) is 18.3 Å². The van der Waals surface area contributed by atoms with Gasteiger partial charge in [-0.1, -0.05) is 37.2 Å². The molecule has 3 heterocycles. The summed E-state index contributed by atoms with van der Waals surface area (Å²) in [6.07, 6.45) is -3.90. The highest BCUT2D eigenvalue weighted by atomic mass is 19.2. The highest BCUT2D eigenvalue weighted by Gasteiger charge is 2.49. The van der Waals surface area contributed by atoms with Crippen LogP contribution in [0.25, 0.3) is 11.3 Å². The van der Waals surface area contributed by atoms with E-state index in [2.05, 4.69) is 20.8 Å². The smallest absolute Gasteiger partial charge is 0.407 e. The summed E-state index contributed by atoms with van der Waals surface area (Å²) in [5.74, 6) is -1.65. The van der Waals surface area contributed by atoms with Gasteiger partial charge in [0.15, 0.2) is 17.7 Å². The number of carbonyl (C=O) groups excluding carboxylic acids is 1. The number of aryl methyl sites for hydroxylation is 1. The Labute approximate surface area is 224 Å². The van der Waals surface area contributed by atoms with Crippen LogP contribution in [-0.2, 0) is 21.3 Å². The second-order valence-corrected chi connectivity index (χ2v) is 10.6. The van der Waals surface area contributed by atoms with Gasteiger partial charge in [-0.15, -0.1) is 5.10 Å². The van der Waals surface area contributed by atoms with Crippen molar-refractivity contribution in [1.29, 1.82) is 0 Å². The summed E-state index contributed by atoms with van der Waals surface area (Å²) < 4.78 is 47.3. The van der Waals surface area contributed by atoms with Gasteiger partial charge in [-0.2, -0.15) is 0 Å². The molecule has 1 aliphatic heterocycles. The van der Waals surface area contributed by atoms with Crippen LogP contribution >= 0.6 is 0 Å². The number of hydrogen-bond acceptors (Lipinski definition) is 9. The third kappa shape index (κ3) is 5.94. The van der Waals surface area contributed by atoms with E-state index in [1.165, 1.54) is 29.9 Å². The van der Waals surface area contributed by atoms with Gasteiger partial charge in [-0.3, -0.25) is 0 Å². The van der Waals surface area contributed by atoms with Crippen LogP contribution in [0.15, 0.2) is 28.9 Å². The molecule has 4 rings (SSSR count). The number of nitrogens with one attached hydrogen (secondary N) is 1. The van der Waals surface area contributed by atoms with Crippen LogP contribution in [0.5, 0.6) is 0 Å². The van der Waals surface area contributed by atoms with E-state index in [1.54, 1.807) is 13.0 Å². The van der Waals surface area contributed by atoms with E-state index in [1.807, 2.05) is 20.8 Å². The summed E-state index contributed by atoms with van der Waals surface area (Å²) in [6.45, 7) is 8.82. The molecular formula is C26H33F2N5O6. The second kappa shape index (κ2) is 11.4. The Bertz CT molecular complexity index is 1310. The molecule has 1 fully saturated rings. The first kappa shape index (κ1) is 28.6. The maximum Gasteiger partial charge on any atom is 0.407 e. The van der Waals surface area contributed by atoms with Crippen LogP contribution in [0, 0.1) is 18.6 Å². The van der Waals surface area contributed by atoms with Gasteiger partial charge in [0.05, 0.1) is 18.5 Å². The van der Waals surface area contributed by atoms with E-state index in [-0.39, 0.29) is 35.2 Å². The largest absolute Gasteiger partial charge is 0.441 e. The number of amides is 1. The fraction of sp³-hybridized carbons (Fsp3) is 0.538. The number of aliphatic hydroxyl groups is 2. The van der Waals surface area contributed by atoms with Crippen LogP contribution in [0.1, 0.15) is 50.8 Å². The van der Waals surface area contributed by atoms with Crippen molar-refractivity contribution >= 4 is 6.09 Å². The molecule has 11 nitrogen and oxygen atoms in total. The van der Waals surface area contributed by atoms with Crippen molar-refractivity contribution < 1.29 is 37.8 Å². The molecule has 3 N–H and O–H groups in total. The molecule has 0 aliphatic carbocycles. The van der Waals surface area contributed by atoms with Gasteiger partial charge in [0, 0.05) is 30.0 Å². The highest BCUT2D eigenvalue weighted by Crippen LogP contribution is 2.35. The van der Waals surface area contributed by atoms with Gasteiger partial charge in [0.1, 0.15) is 35.8 Å². The molecule has 1 aliphatic rings. The third-order valence-corrected chi connectivity index (χ3v) is 6.62. The van der Waals surface area contributed by atoms with Crippen molar-refractivity contribution in [2.45, 2.75) is 76.9 Å². The van der Waals surface area contributed by atoms with Crippen molar-refractivity contribution in [2.24, 2.45) is 0 Å². The molecule has 0 unspecified atom stereocenters. The minimum atomic E-state index is -1.40. The number of carbonyl (C=O) groups is 1. The van der Waals surface area contributed by atoms with Crippen molar-refractivity contribution in [2.75, 3.05) is 13.2 Å². The summed E-state index contributed by atoms with van der Waals surface area (Å²) in [5, 5.41) is 35.8. The zero-order valence-electron chi connectivity index (χ0n) is 22.4. The van der Waals surface area contributed by atoms with E-state index in [9.17, 15) is 23.8 Å². The van der Waals surface area contributed by atoms with E-state index in [0.29, 0.717) is 11.5 Å². The Morgan fingerprint density at radius 1 is 1.23 bits per heavy atom. The van der Waals surface area contributed by atoms with Crippen LogP contribution in [0.3, 0.4) is 0 Å². The lowest BCUT2D eigenvalue weighted by Crippen LogP contribution is -2.58. The standard InChI is InChI=1S/C26H33F2N5O6/c1-6-29-25(36)38-24-17(9-14-10-19(31-39-14)26(3,4)5)37-18(12-34)23(35)22(24)33-11-16(30-32-33)15-8-7-13(2)20(27)21(15)28/h7-8,10-11,17-18,22-24,34-35H,6,9,12H2,1-5H3,(H,29,36)/t17-,18-,22+,23+,24+/m1/s1. The van der Waals surface area contributed by atoms with Gasteiger partial charge in [-0.05, 0) is 25.5 Å². The number of alkyl carbamates (subject to hydrolysis) is 1. The van der Waals surface area contributed by atoms with E-state index >= 15 is 0 Å². The molecule has 212 valence electrons. The van der Waals surface area contributed by atoms with Gasteiger partial charge >= 0.3 is 6.09 Å². The molecule has 1 aromatic carbocycles. The lowest BCUT2D eigenvalue weighted by molar-refractivity contribution is -0.205. The highest BCUT2D eigenvalue weighted by molar-refractivity contribution is 5.67. The quantitative estimate of drug-likeness (QED) is 0.405. The molecule has 13 heteroatoms. The topological polar surface area (TPSA) is 145 Å². The first-order chi connectivity index (χ1) is 18.4. The first-order valence-corrected chi connectivity index (χ1v) is 12.7. The number of halogens is 2. The minimum Gasteiger partial charge on any atom is -0.441 e. The second-order valence-electron chi connectivity index (χ2n) is 10.6. The van der Waals surface area contributed by atoms with E-state index in [4.69, 9.17) is 14.0 Å². The average molecular weight is 550 g/mol. The molecule has 3 aromatic rings. The van der Waals surface area contributed by atoms with Crippen LogP contribution < -0.4 is 5.32 Å². The van der Waals surface area contributed by atoms with E-state index < -0.39 is 54.8 Å². The fourth-order valence-corrected chi connectivity index (χ4v) is 4.44. The molecule has 0 saturated carbocycles. The normalized spacial score (nSPS) is 23.6. The SMILES string of the molecule is CCNC(=O)O[C@@H]1[C@@H](n2cc(-c3ccc(C)c(F)c3F)nn2)[C@@H](O)[C@@H](CO)O[C@@H]1Cc1cc(C(C)(C)C)no1. The number of aliphatic hydroxyl groups excluding tert-OH is 2. The third-order valence-electron chi connectivity index (χ3n) is 6.62. The molecular weight excluding hydrogens is 516 g/mol. The zero-order chi connectivity index (χ0) is 28.5. The maximum atomic E-state index is 14.7. The number of nitrogens with zero attached hydrogens (tertiary/aromatic N) is 4. The first-order valence-electron chi connectivity index (χ1n) is 12.7.